The van der Waals surface area contributed by atoms with Crippen LogP contribution in [0, 0.1) is 0 Å². The van der Waals surface area contributed by atoms with Crippen LogP contribution in [0.2, 0.25) is 5.02 Å². The normalized spacial score (nSPS) is 19.6. The Hall–Kier alpha value is -2.79. The summed E-state index contributed by atoms with van der Waals surface area (Å²) in [6.07, 6.45) is 1.97. The number of para-hydroxylation sites is 1. The number of Topliss-reactive ketones (excluding diaryl/α,β-unsaturated/α-hetero) is 1. The van der Waals surface area contributed by atoms with E-state index >= 15 is 0 Å². The van der Waals surface area contributed by atoms with Crippen LogP contribution in [0.3, 0.4) is 0 Å². The zero-order chi connectivity index (χ0) is 19.8. The smallest absolute Gasteiger partial charge is 0.232 e. The number of anilines is 1. The summed E-state index contributed by atoms with van der Waals surface area (Å²) in [5.41, 5.74) is 2.79. The molecule has 1 N–H and O–H groups in total. The van der Waals surface area contributed by atoms with E-state index in [0.29, 0.717) is 41.3 Å². The Labute approximate surface area is 168 Å². The highest BCUT2D eigenvalue weighted by atomic mass is 35.5. The van der Waals surface area contributed by atoms with Crippen LogP contribution in [0.4, 0.5) is 5.69 Å². The fourth-order valence-electron chi connectivity index (χ4n) is 4.10. The number of rotatable bonds is 3. The van der Waals surface area contributed by atoms with Crippen molar-refractivity contribution in [3.63, 3.8) is 0 Å². The summed E-state index contributed by atoms with van der Waals surface area (Å²) in [5.74, 6) is -0.0517. The average Bonchev–Trinajstić information content (AvgIpc) is 2.69. The lowest BCUT2D eigenvalue weighted by Crippen LogP contribution is -2.40. The Morgan fingerprint density at radius 1 is 1.14 bits per heavy atom. The number of aromatic hydroxyl groups is 1. The second-order valence-electron chi connectivity index (χ2n) is 7.01. The maximum atomic E-state index is 13.2. The van der Waals surface area contributed by atoms with E-state index in [1.807, 2.05) is 12.1 Å². The molecule has 0 fully saturated rings. The van der Waals surface area contributed by atoms with Crippen LogP contribution in [-0.4, -0.2) is 23.9 Å². The van der Waals surface area contributed by atoms with Gasteiger partial charge in [-0.1, -0.05) is 29.8 Å². The molecule has 0 spiro atoms. The van der Waals surface area contributed by atoms with Crippen LogP contribution in [0.5, 0.6) is 11.5 Å². The Balaban J connectivity index is 1.87. The molecule has 1 atom stereocenters. The van der Waals surface area contributed by atoms with Crippen molar-refractivity contribution in [2.45, 2.75) is 31.6 Å². The predicted octanol–water partition coefficient (Wildman–Crippen LogP) is 4.58. The molecule has 28 heavy (non-hydrogen) atoms. The molecule has 2 aromatic rings. The largest absolute Gasteiger partial charge is 0.504 e. The molecule has 1 heterocycles. The van der Waals surface area contributed by atoms with Gasteiger partial charge in [0.15, 0.2) is 17.3 Å². The lowest BCUT2D eigenvalue weighted by atomic mass is 9.77. The molecule has 2 aliphatic rings. The Bertz CT molecular complexity index is 998. The molecule has 1 amide bonds. The number of halogens is 1. The van der Waals surface area contributed by atoms with Gasteiger partial charge < -0.3 is 9.84 Å². The van der Waals surface area contributed by atoms with Gasteiger partial charge in [0.1, 0.15) is 0 Å². The fourth-order valence-corrected chi connectivity index (χ4v) is 4.32. The van der Waals surface area contributed by atoms with Crippen molar-refractivity contribution in [1.82, 2.24) is 0 Å². The monoisotopic (exact) mass is 397 g/mol. The molecule has 2 aromatic carbocycles. The number of nitrogens with zero attached hydrogens (tertiary/aromatic N) is 1. The van der Waals surface area contributed by atoms with Crippen LogP contribution in [0.25, 0.3) is 0 Å². The summed E-state index contributed by atoms with van der Waals surface area (Å²) in [4.78, 5) is 27.7. The van der Waals surface area contributed by atoms with Crippen molar-refractivity contribution in [3.05, 3.63) is 64.3 Å². The fraction of sp³-hybridized carbons (Fsp3) is 0.273. The Kier molecular flexibility index (Phi) is 4.85. The van der Waals surface area contributed by atoms with Crippen LogP contribution >= 0.6 is 11.6 Å². The van der Waals surface area contributed by atoms with Gasteiger partial charge in [-0.15, -0.1) is 0 Å². The maximum absolute atomic E-state index is 13.2. The van der Waals surface area contributed by atoms with Gasteiger partial charge in [0.2, 0.25) is 5.91 Å². The molecule has 0 saturated heterocycles. The molecule has 144 valence electrons. The second kappa shape index (κ2) is 7.32. The number of carbonyl (C=O) groups is 2. The molecule has 0 bridgehead atoms. The van der Waals surface area contributed by atoms with Gasteiger partial charge >= 0.3 is 0 Å². The van der Waals surface area contributed by atoms with E-state index in [9.17, 15) is 14.7 Å². The minimum atomic E-state index is -0.358. The van der Waals surface area contributed by atoms with Gasteiger partial charge in [0.05, 0.1) is 17.8 Å². The number of methoxy groups -OCH3 is 1. The average molecular weight is 398 g/mol. The second-order valence-corrected chi connectivity index (χ2v) is 7.41. The summed E-state index contributed by atoms with van der Waals surface area (Å²) in [5, 5.41) is 10.4. The van der Waals surface area contributed by atoms with Crippen molar-refractivity contribution < 1.29 is 19.4 Å². The molecule has 6 heteroatoms. The molecule has 0 aromatic heterocycles. The molecule has 0 radical (unpaired) electrons. The molecule has 4 rings (SSSR count). The van der Waals surface area contributed by atoms with E-state index in [2.05, 4.69) is 0 Å². The molecule has 1 unspecified atom stereocenters. The SMILES string of the molecule is COc1cc(C2CC(=O)N(c3ccccc3Cl)C3=C2C(=O)CCC3)ccc1O. The number of phenols is 1. The minimum absolute atomic E-state index is 0.0234. The minimum Gasteiger partial charge on any atom is -0.504 e. The molecular formula is C22H20ClNO4. The van der Waals surface area contributed by atoms with Crippen LogP contribution in [-0.2, 0) is 9.59 Å². The van der Waals surface area contributed by atoms with Gasteiger partial charge in [-0.05, 0) is 42.7 Å². The number of hydrogen-bond acceptors (Lipinski definition) is 4. The number of hydrogen-bond donors (Lipinski definition) is 1. The number of ether oxygens (including phenoxy) is 1. The third kappa shape index (κ3) is 3.06. The first-order valence-electron chi connectivity index (χ1n) is 9.22. The Morgan fingerprint density at radius 3 is 2.68 bits per heavy atom. The molecule has 0 saturated carbocycles. The third-order valence-electron chi connectivity index (χ3n) is 5.37. The van der Waals surface area contributed by atoms with Crippen molar-refractivity contribution in [2.75, 3.05) is 12.0 Å². The zero-order valence-electron chi connectivity index (χ0n) is 15.4. The van der Waals surface area contributed by atoms with Gasteiger partial charge in [0.25, 0.3) is 0 Å². The third-order valence-corrected chi connectivity index (χ3v) is 5.69. The Morgan fingerprint density at radius 2 is 1.93 bits per heavy atom. The number of phenolic OH excluding ortho intramolecular Hbond substituents is 1. The van der Waals surface area contributed by atoms with Gasteiger partial charge in [0, 0.05) is 30.0 Å². The molecule has 1 aliphatic carbocycles. The van der Waals surface area contributed by atoms with Crippen molar-refractivity contribution in [1.29, 1.82) is 0 Å². The zero-order valence-corrected chi connectivity index (χ0v) is 16.2. The predicted molar refractivity (Wildman–Crippen MR) is 107 cm³/mol. The van der Waals surface area contributed by atoms with E-state index in [1.54, 1.807) is 29.2 Å². The summed E-state index contributed by atoms with van der Waals surface area (Å²) >= 11 is 6.36. The first-order valence-corrected chi connectivity index (χ1v) is 9.59. The lowest BCUT2D eigenvalue weighted by Gasteiger charge is -2.38. The summed E-state index contributed by atoms with van der Waals surface area (Å²) in [6, 6.07) is 12.2. The summed E-state index contributed by atoms with van der Waals surface area (Å²) in [6.45, 7) is 0. The van der Waals surface area contributed by atoms with E-state index in [0.717, 1.165) is 11.3 Å². The van der Waals surface area contributed by atoms with E-state index < -0.39 is 0 Å². The quantitative estimate of drug-likeness (QED) is 0.823. The van der Waals surface area contributed by atoms with Crippen LogP contribution in [0.1, 0.15) is 37.2 Å². The first-order chi connectivity index (χ1) is 13.5. The number of benzene rings is 2. The highest BCUT2D eigenvalue weighted by molar-refractivity contribution is 6.34. The van der Waals surface area contributed by atoms with Crippen LogP contribution < -0.4 is 9.64 Å². The van der Waals surface area contributed by atoms with Gasteiger partial charge in [-0.3, -0.25) is 14.5 Å². The van der Waals surface area contributed by atoms with Gasteiger partial charge in [-0.25, -0.2) is 0 Å². The van der Waals surface area contributed by atoms with Crippen molar-refractivity contribution >= 4 is 29.0 Å². The standard InChI is InChI=1S/C22H20ClNO4/c1-28-20-11-13(9-10-18(20)25)14-12-21(27)24(16-6-3-2-5-15(16)23)17-7-4-8-19(26)22(14)17/h2-3,5-6,9-11,14,25H,4,7-8,12H2,1H3. The molecule has 5 nitrogen and oxygen atoms in total. The highest BCUT2D eigenvalue weighted by Gasteiger charge is 2.40. The molecular weight excluding hydrogens is 378 g/mol. The lowest BCUT2D eigenvalue weighted by molar-refractivity contribution is -0.119. The number of allylic oxidation sites excluding steroid dienone is 2. The maximum Gasteiger partial charge on any atom is 0.232 e. The number of ketones is 1. The number of amides is 1. The van der Waals surface area contributed by atoms with E-state index in [4.69, 9.17) is 16.3 Å². The number of carbonyl (C=O) groups excluding carboxylic acids is 2. The summed E-state index contributed by atoms with van der Waals surface area (Å²) in [7, 11) is 1.47. The van der Waals surface area contributed by atoms with Crippen molar-refractivity contribution in [2.24, 2.45) is 0 Å². The van der Waals surface area contributed by atoms with E-state index in [1.165, 1.54) is 13.2 Å². The first kappa shape index (κ1) is 18.6. The summed E-state index contributed by atoms with van der Waals surface area (Å²) < 4.78 is 5.21. The molecule has 1 aliphatic heterocycles. The van der Waals surface area contributed by atoms with E-state index in [-0.39, 0.29) is 29.8 Å². The van der Waals surface area contributed by atoms with Gasteiger partial charge in [-0.2, -0.15) is 0 Å². The van der Waals surface area contributed by atoms with Crippen molar-refractivity contribution in [3.8, 4) is 11.5 Å². The topological polar surface area (TPSA) is 66.8 Å². The highest BCUT2D eigenvalue weighted by Crippen LogP contribution is 2.45. The van der Waals surface area contributed by atoms with Crippen LogP contribution in [0.15, 0.2) is 53.7 Å².